The molecule has 7 nitrogen and oxygen atoms in total. The molecule has 11 rings (SSSR count). The van der Waals surface area contributed by atoms with Crippen LogP contribution >= 0.6 is 0 Å². The molecule has 0 amide bonds. The SMILES string of the molecule is CC.CC.CC.CC.CC.CC.O=S(=O)(c1cccc(C(Cc2ccccc2)C(F)(F)F)c1)N1CC2CCC(CC2)C1.O=S(=O)(c1cccc(C2(Cc3ccccc3)COC2)c1)N1CC2CCC(CC2)C1. The first-order valence-electron chi connectivity index (χ1n) is 27.2. The highest BCUT2D eigenvalue weighted by molar-refractivity contribution is 7.89. The molecule has 71 heavy (non-hydrogen) atoms. The highest BCUT2D eigenvalue weighted by Crippen LogP contribution is 2.41. The molecule has 12 heteroatoms. The lowest BCUT2D eigenvalue weighted by Gasteiger charge is -2.42. The number of ether oxygens (including phenoxy) is 1. The number of benzene rings is 4. The van der Waals surface area contributed by atoms with Crippen LogP contribution in [0, 0.1) is 23.7 Å². The van der Waals surface area contributed by atoms with E-state index in [1.165, 1.54) is 59.8 Å². The van der Waals surface area contributed by atoms with Crippen LogP contribution in [-0.2, 0) is 43.0 Å². The van der Waals surface area contributed by atoms with Crippen molar-refractivity contribution >= 4 is 20.0 Å². The average Bonchev–Trinajstić information content (AvgIpc) is 3.95. The fraction of sp³-hybridized carbons (Fsp3) is 0.593. The Morgan fingerprint density at radius 3 is 1.24 bits per heavy atom. The minimum absolute atomic E-state index is 0.00905. The summed E-state index contributed by atoms with van der Waals surface area (Å²) in [5.41, 5.74) is 2.76. The van der Waals surface area contributed by atoms with Gasteiger partial charge in [0.15, 0.2) is 0 Å². The fourth-order valence-electron chi connectivity index (χ4n) is 10.0. The lowest BCUT2D eigenvalue weighted by atomic mass is 9.74. The predicted octanol–water partition coefficient (Wildman–Crippen LogP) is 15.6. The molecule has 7 fully saturated rings. The van der Waals surface area contributed by atoms with Crippen LogP contribution in [0.5, 0.6) is 0 Å². The molecule has 2 saturated carbocycles. The van der Waals surface area contributed by atoms with Crippen LogP contribution < -0.4 is 0 Å². The van der Waals surface area contributed by atoms with Gasteiger partial charge in [0.05, 0.1) is 28.9 Å². The molecule has 5 saturated heterocycles. The molecule has 0 N–H and O–H groups in total. The number of halogens is 3. The molecule has 4 aromatic rings. The van der Waals surface area contributed by atoms with Gasteiger partial charge in [-0.3, -0.25) is 0 Å². The number of hydrogen-bond donors (Lipinski definition) is 0. The van der Waals surface area contributed by atoms with Crippen molar-refractivity contribution in [3.05, 3.63) is 131 Å². The molecule has 400 valence electrons. The van der Waals surface area contributed by atoms with E-state index in [0.29, 0.717) is 73.5 Å². The third kappa shape index (κ3) is 17.5. The maximum atomic E-state index is 13.9. The number of sulfonamides is 2. The summed E-state index contributed by atoms with van der Waals surface area (Å²) in [6, 6.07) is 32.0. The Balaban J connectivity index is 0.000000403. The van der Waals surface area contributed by atoms with Crippen molar-refractivity contribution in [2.75, 3.05) is 39.4 Å². The van der Waals surface area contributed by atoms with E-state index in [1.807, 2.05) is 101 Å². The minimum Gasteiger partial charge on any atom is -0.379 e. The van der Waals surface area contributed by atoms with Crippen molar-refractivity contribution in [2.24, 2.45) is 23.7 Å². The highest BCUT2D eigenvalue weighted by Gasteiger charge is 2.43. The second-order valence-corrected chi connectivity index (χ2v) is 21.6. The highest BCUT2D eigenvalue weighted by atomic mass is 32.2. The number of nitrogens with zero attached hydrogens (tertiary/aromatic N) is 2. The summed E-state index contributed by atoms with van der Waals surface area (Å²) in [6.07, 6.45) is 5.00. The van der Waals surface area contributed by atoms with Crippen LogP contribution in [0.25, 0.3) is 0 Å². The zero-order valence-electron chi connectivity index (χ0n) is 45.5. The molecule has 4 bridgehead atoms. The van der Waals surface area contributed by atoms with Crippen molar-refractivity contribution in [3.8, 4) is 0 Å². The predicted molar refractivity (Wildman–Crippen MR) is 291 cm³/mol. The first-order valence-corrected chi connectivity index (χ1v) is 30.1. The normalized spacial score (nSPS) is 21.5. The van der Waals surface area contributed by atoms with Gasteiger partial charge in [-0.2, -0.15) is 21.8 Å². The number of fused-ring (bicyclic) bond motifs is 8. The Bertz CT molecular complexity index is 2230. The monoisotopic (exact) mass is 1030 g/mol. The van der Waals surface area contributed by atoms with Gasteiger partial charge in [-0.1, -0.05) is 168 Å². The minimum atomic E-state index is -4.47. The topological polar surface area (TPSA) is 84.0 Å². The van der Waals surface area contributed by atoms with Gasteiger partial charge in [0.25, 0.3) is 0 Å². The van der Waals surface area contributed by atoms with Crippen molar-refractivity contribution in [2.45, 2.75) is 175 Å². The molecule has 1 atom stereocenters. The smallest absolute Gasteiger partial charge is 0.379 e. The maximum Gasteiger partial charge on any atom is 0.396 e. The standard InChI is InChI=1S/C24H29NO3S.C23H26F3NO2S.6C2H6/c26-29(27,25-15-20-9-10-21(16-25)12-11-20)23-8-4-7-22(13-23)24(17-28-18-24)14-19-5-2-1-3-6-19;24-23(25,26)22(13-17-5-2-1-3-6-17)20-7-4-8-21(14-20)30(28,29)27-15-18-9-10-19(16-27)12-11-18;6*1-2/h1-8,13,20-21H,9-12,14-18H2;1-8,14,18-19,22H,9-13,15-16H2;6*1-2H3. The number of hydrogen-bond acceptors (Lipinski definition) is 5. The van der Waals surface area contributed by atoms with Gasteiger partial charge in [-0.05, 0) is 134 Å². The van der Waals surface area contributed by atoms with E-state index in [9.17, 15) is 30.0 Å². The molecule has 4 aromatic carbocycles. The second-order valence-electron chi connectivity index (χ2n) is 17.7. The van der Waals surface area contributed by atoms with Gasteiger partial charge in [0, 0.05) is 31.6 Å². The van der Waals surface area contributed by atoms with E-state index in [4.69, 9.17) is 4.74 Å². The zero-order valence-corrected chi connectivity index (χ0v) is 47.1. The van der Waals surface area contributed by atoms with Crippen LogP contribution in [0.4, 0.5) is 13.2 Å². The Hall–Kier alpha value is -3.55. The quantitative estimate of drug-likeness (QED) is 0.158. The van der Waals surface area contributed by atoms with E-state index in [2.05, 4.69) is 30.3 Å². The Morgan fingerprint density at radius 1 is 0.507 bits per heavy atom. The van der Waals surface area contributed by atoms with Crippen molar-refractivity contribution in [1.29, 1.82) is 0 Å². The maximum absolute atomic E-state index is 13.9. The van der Waals surface area contributed by atoms with Crippen LogP contribution in [0.1, 0.15) is 163 Å². The molecule has 0 spiro atoms. The van der Waals surface area contributed by atoms with Gasteiger partial charge in [0.2, 0.25) is 20.0 Å². The second kappa shape index (κ2) is 31.9. The summed E-state index contributed by atoms with van der Waals surface area (Å²) in [7, 11) is -7.28. The van der Waals surface area contributed by atoms with Crippen LogP contribution in [0.15, 0.2) is 119 Å². The fourth-order valence-corrected chi connectivity index (χ4v) is 13.3. The van der Waals surface area contributed by atoms with Crippen molar-refractivity contribution in [3.63, 3.8) is 0 Å². The summed E-state index contributed by atoms with van der Waals surface area (Å²) in [6.45, 7) is 27.6. The van der Waals surface area contributed by atoms with Gasteiger partial charge in [-0.25, -0.2) is 16.8 Å². The molecule has 0 radical (unpaired) electrons. The molecule has 2 aliphatic carbocycles. The van der Waals surface area contributed by atoms with E-state index >= 15 is 0 Å². The summed E-state index contributed by atoms with van der Waals surface area (Å²) in [5, 5.41) is 0. The molecule has 7 aliphatic rings. The Morgan fingerprint density at radius 2 is 0.873 bits per heavy atom. The first kappa shape index (κ1) is 63.6. The van der Waals surface area contributed by atoms with Gasteiger partial charge in [0.1, 0.15) is 0 Å². The number of alkyl halides is 3. The van der Waals surface area contributed by atoms with E-state index < -0.39 is 32.1 Å². The third-order valence-electron chi connectivity index (χ3n) is 13.6. The molecule has 5 aliphatic heterocycles. The first-order chi connectivity index (χ1) is 34.3. The molecule has 5 heterocycles. The van der Waals surface area contributed by atoms with E-state index in [1.54, 1.807) is 40.7 Å². The lowest BCUT2D eigenvalue weighted by molar-refractivity contribution is -0.150. The summed E-state index contributed by atoms with van der Waals surface area (Å²) in [4.78, 5) is 0.402. The van der Waals surface area contributed by atoms with Crippen LogP contribution in [-0.4, -0.2) is 71.0 Å². The Labute approximate surface area is 430 Å². The van der Waals surface area contributed by atoms with Crippen molar-refractivity contribution in [1.82, 2.24) is 8.61 Å². The zero-order chi connectivity index (χ0) is 53.3. The summed E-state index contributed by atoms with van der Waals surface area (Å²) < 4.78 is 104. The molecular formula is C59H91F3N2O5S2. The summed E-state index contributed by atoms with van der Waals surface area (Å²) in [5.74, 6) is -0.00638. The molecule has 1 unspecified atom stereocenters. The Kier molecular flexibility index (Phi) is 28.6. The lowest BCUT2D eigenvalue weighted by Crippen LogP contribution is -2.48. The van der Waals surface area contributed by atoms with Gasteiger partial charge >= 0.3 is 6.18 Å². The average molecular weight is 1030 g/mol. The summed E-state index contributed by atoms with van der Waals surface area (Å²) >= 11 is 0. The van der Waals surface area contributed by atoms with E-state index in [0.717, 1.165) is 37.7 Å². The van der Waals surface area contributed by atoms with Gasteiger partial charge in [-0.15, -0.1) is 0 Å². The molecule has 0 aromatic heterocycles. The van der Waals surface area contributed by atoms with Crippen LogP contribution in [0.3, 0.4) is 0 Å². The van der Waals surface area contributed by atoms with Crippen molar-refractivity contribution < 1.29 is 34.7 Å². The molecular weight excluding hydrogens is 938 g/mol. The van der Waals surface area contributed by atoms with Gasteiger partial charge < -0.3 is 4.74 Å². The largest absolute Gasteiger partial charge is 0.396 e. The number of rotatable bonds is 10. The van der Waals surface area contributed by atoms with E-state index in [-0.39, 0.29) is 22.3 Å². The third-order valence-corrected chi connectivity index (χ3v) is 17.2. The van der Waals surface area contributed by atoms with Crippen LogP contribution in [0.2, 0.25) is 0 Å².